The molecule has 1 nitrogen and oxygen atoms in total. The maximum absolute atomic E-state index is 12.2. The maximum atomic E-state index is 12.2. The summed E-state index contributed by atoms with van der Waals surface area (Å²) in [5.74, 6) is 0. The van der Waals surface area contributed by atoms with Gasteiger partial charge in [-0.25, -0.2) is 0 Å². The number of nitrogens with one attached hydrogen (secondary N) is 1. The van der Waals surface area contributed by atoms with Crippen molar-refractivity contribution in [1.82, 2.24) is 0 Å². The third-order valence-corrected chi connectivity index (χ3v) is 2.08. The van der Waals surface area contributed by atoms with E-state index in [4.69, 9.17) is 0 Å². The van der Waals surface area contributed by atoms with Crippen molar-refractivity contribution in [3.05, 3.63) is 29.3 Å². The predicted molar refractivity (Wildman–Crippen MR) is 48.7 cm³/mol. The van der Waals surface area contributed by atoms with E-state index in [1.54, 1.807) is 6.92 Å². The van der Waals surface area contributed by atoms with E-state index >= 15 is 0 Å². The molecule has 0 aliphatic heterocycles. The quantitative estimate of drug-likeness (QED) is 0.753. The zero-order valence-electron chi connectivity index (χ0n) is 6.74. The highest BCUT2D eigenvalue weighted by atomic mass is 79.9. The van der Waals surface area contributed by atoms with Crippen LogP contribution in [0.15, 0.2) is 18.2 Å². The molecule has 0 unspecified atom stereocenters. The molecule has 1 aromatic rings. The number of alkyl halides is 3. The van der Waals surface area contributed by atoms with Gasteiger partial charge in [0.05, 0.1) is 5.56 Å². The van der Waals surface area contributed by atoms with Gasteiger partial charge < -0.3 is 4.34 Å². The van der Waals surface area contributed by atoms with Crippen LogP contribution < -0.4 is 4.34 Å². The molecule has 5 heteroatoms. The van der Waals surface area contributed by atoms with Crippen molar-refractivity contribution in [2.24, 2.45) is 0 Å². The van der Waals surface area contributed by atoms with Crippen LogP contribution in [0.1, 0.15) is 11.1 Å². The third kappa shape index (κ3) is 2.37. The van der Waals surface area contributed by atoms with Crippen molar-refractivity contribution >= 4 is 21.8 Å². The zero-order valence-corrected chi connectivity index (χ0v) is 8.33. The van der Waals surface area contributed by atoms with E-state index < -0.39 is 11.7 Å². The number of aryl methyl sites for hydroxylation is 1. The molecule has 0 amide bonds. The summed E-state index contributed by atoms with van der Waals surface area (Å²) < 4.78 is 39.1. The van der Waals surface area contributed by atoms with Gasteiger partial charge in [-0.15, -0.1) is 0 Å². The predicted octanol–water partition coefficient (Wildman–Crippen LogP) is 3.74. The summed E-state index contributed by atoms with van der Waals surface area (Å²) in [6, 6.07) is 3.52. The Kier molecular flexibility index (Phi) is 2.85. The summed E-state index contributed by atoms with van der Waals surface area (Å²) in [4.78, 5) is 0. The number of rotatable bonds is 1. The molecule has 1 N–H and O–H groups in total. The average molecular weight is 254 g/mol. The van der Waals surface area contributed by atoms with Crippen molar-refractivity contribution in [1.29, 1.82) is 0 Å². The van der Waals surface area contributed by atoms with Crippen molar-refractivity contribution in [2.75, 3.05) is 4.34 Å². The topological polar surface area (TPSA) is 12.0 Å². The Morgan fingerprint density at radius 1 is 1.31 bits per heavy atom. The van der Waals surface area contributed by atoms with E-state index in [1.165, 1.54) is 6.07 Å². The number of hydrogen-bond donors (Lipinski definition) is 1. The van der Waals surface area contributed by atoms with Crippen LogP contribution in [0.5, 0.6) is 0 Å². The second kappa shape index (κ2) is 3.57. The first-order chi connectivity index (χ1) is 5.95. The van der Waals surface area contributed by atoms with E-state index in [1.807, 2.05) is 0 Å². The normalized spacial score (nSPS) is 11.5. The monoisotopic (exact) mass is 253 g/mol. The molecule has 0 bridgehead atoms. The maximum Gasteiger partial charge on any atom is 0.416 e. The minimum atomic E-state index is -4.27. The summed E-state index contributed by atoms with van der Waals surface area (Å²) in [7, 11) is 0. The van der Waals surface area contributed by atoms with Gasteiger partial charge >= 0.3 is 6.18 Å². The average Bonchev–Trinajstić information content (AvgIpc) is 2.02. The molecule has 0 spiro atoms. The van der Waals surface area contributed by atoms with Crippen molar-refractivity contribution in [3.8, 4) is 0 Å². The molecule has 0 fully saturated rings. The highest BCUT2D eigenvalue weighted by Gasteiger charge is 2.30. The highest BCUT2D eigenvalue weighted by Crippen LogP contribution is 2.31. The highest BCUT2D eigenvalue weighted by molar-refractivity contribution is 9.10. The van der Waals surface area contributed by atoms with Crippen LogP contribution in [0.2, 0.25) is 0 Å². The van der Waals surface area contributed by atoms with E-state index in [0.29, 0.717) is 11.3 Å². The Hall–Kier alpha value is -0.710. The number of hydrogen-bond acceptors (Lipinski definition) is 1. The molecular formula is C8H7BrF3N. The van der Waals surface area contributed by atoms with E-state index in [-0.39, 0.29) is 0 Å². The Bertz CT molecular complexity index is 309. The molecule has 1 rings (SSSR count). The van der Waals surface area contributed by atoms with Gasteiger partial charge in [-0.05, 0) is 30.7 Å². The molecule has 13 heavy (non-hydrogen) atoms. The van der Waals surface area contributed by atoms with Gasteiger partial charge in [-0.2, -0.15) is 13.2 Å². The lowest BCUT2D eigenvalue weighted by atomic mass is 10.1. The van der Waals surface area contributed by atoms with Gasteiger partial charge in [-0.3, -0.25) is 0 Å². The second-order valence-electron chi connectivity index (χ2n) is 2.62. The molecule has 0 aliphatic rings. The first-order valence-electron chi connectivity index (χ1n) is 3.49. The molecule has 1 aromatic carbocycles. The van der Waals surface area contributed by atoms with E-state index in [0.717, 1.165) is 12.1 Å². The molecule has 0 atom stereocenters. The summed E-state index contributed by atoms with van der Waals surface area (Å²) in [5, 5.41) is 0. The van der Waals surface area contributed by atoms with Crippen molar-refractivity contribution in [2.45, 2.75) is 13.1 Å². The molecule has 72 valence electrons. The summed E-state index contributed by atoms with van der Waals surface area (Å²) in [6.45, 7) is 1.61. The number of benzene rings is 1. The van der Waals surface area contributed by atoms with Crippen molar-refractivity contribution < 1.29 is 13.2 Å². The SMILES string of the molecule is Cc1cc(C(F)(F)F)ccc1NBr. The Balaban J connectivity index is 3.10. The zero-order chi connectivity index (χ0) is 10.1. The largest absolute Gasteiger partial charge is 0.416 e. The van der Waals surface area contributed by atoms with Crippen LogP contribution in [0.25, 0.3) is 0 Å². The molecule has 0 heterocycles. The fraction of sp³-hybridized carbons (Fsp3) is 0.250. The lowest BCUT2D eigenvalue weighted by molar-refractivity contribution is -0.137. The second-order valence-corrected chi connectivity index (χ2v) is 3.02. The summed E-state index contributed by atoms with van der Waals surface area (Å²) in [5.41, 5.74) is 0.552. The van der Waals surface area contributed by atoms with Gasteiger partial charge in [0.2, 0.25) is 0 Å². The van der Waals surface area contributed by atoms with Gasteiger partial charge in [0, 0.05) is 21.8 Å². The number of anilines is 1. The first-order valence-corrected chi connectivity index (χ1v) is 4.29. The van der Waals surface area contributed by atoms with Crippen LogP contribution in [0, 0.1) is 6.92 Å². The standard InChI is InChI=1S/C8H7BrF3N/c1-5-4-6(8(10,11)12)2-3-7(5)13-9/h2-4,13H,1H3. The molecular weight excluding hydrogens is 247 g/mol. The van der Waals surface area contributed by atoms with Crippen molar-refractivity contribution in [3.63, 3.8) is 0 Å². The minimum absolute atomic E-state index is 0.548. The molecule has 0 radical (unpaired) electrons. The first kappa shape index (κ1) is 10.4. The lowest BCUT2D eigenvalue weighted by Crippen LogP contribution is -2.05. The van der Waals surface area contributed by atoms with Gasteiger partial charge in [0.1, 0.15) is 0 Å². The van der Waals surface area contributed by atoms with E-state index in [2.05, 4.69) is 20.5 Å². The molecule has 0 saturated carbocycles. The fourth-order valence-electron chi connectivity index (χ4n) is 0.946. The Morgan fingerprint density at radius 3 is 2.31 bits per heavy atom. The number of halogens is 4. The Labute approximate surface area is 82.3 Å². The fourth-order valence-corrected chi connectivity index (χ4v) is 1.39. The molecule has 0 saturated heterocycles. The van der Waals surface area contributed by atoms with Crippen LogP contribution in [0.4, 0.5) is 18.9 Å². The van der Waals surface area contributed by atoms with Gasteiger partial charge in [-0.1, -0.05) is 0 Å². The van der Waals surface area contributed by atoms with E-state index in [9.17, 15) is 13.2 Å². The Morgan fingerprint density at radius 2 is 1.92 bits per heavy atom. The summed E-state index contributed by atoms with van der Waals surface area (Å²) >= 11 is 2.95. The smallest absolute Gasteiger partial charge is 0.322 e. The van der Waals surface area contributed by atoms with Crippen LogP contribution in [-0.2, 0) is 6.18 Å². The van der Waals surface area contributed by atoms with Crippen LogP contribution in [-0.4, -0.2) is 0 Å². The minimum Gasteiger partial charge on any atom is -0.322 e. The van der Waals surface area contributed by atoms with Gasteiger partial charge in [0.25, 0.3) is 0 Å². The third-order valence-electron chi connectivity index (χ3n) is 1.66. The van der Waals surface area contributed by atoms with Gasteiger partial charge in [0.15, 0.2) is 0 Å². The molecule has 0 aliphatic carbocycles. The van der Waals surface area contributed by atoms with Crippen LogP contribution in [0.3, 0.4) is 0 Å². The molecule has 0 aromatic heterocycles. The summed E-state index contributed by atoms with van der Waals surface area (Å²) in [6.07, 6.45) is -4.27. The lowest BCUT2D eigenvalue weighted by Gasteiger charge is -2.09. The van der Waals surface area contributed by atoms with Crippen LogP contribution >= 0.6 is 16.1 Å².